The molecule has 0 aliphatic rings. The zero-order chi connectivity index (χ0) is 12.8. The van der Waals surface area contributed by atoms with Gasteiger partial charge in [-0.1, -0.05) is 0 Å². The Labute approximate surface area is 96.0 Å². The van der Waals surface area contributed by atoms with Crippen molar-refractivity contribution in [2.24, 2.45) is 0 Å². The normalized spacial score (nSPS) is 11.8. The number of nitrogens with zero attached hydrogens (tertiary/aromatic N) is 4. The summed E-state index contributed by atoms with van der Waals surface area (Å²) in [5.41, 5.74) is 0. The maximum absolute atomic E-state index is 11.2. The van der Waals surface area contributed by atoms with Crippen LogP contribution < -0.4 is 0 Å². The topological polar surface area (TPSA) is 127 Å². The van der Waals surface area contributed by atoms with E-state index in [0.717, 1.165) is 17.0 Å². The van der Waals surface area contributed by atoms with E-state index in [2.05, 4.69) is 4.98 Å². The lowest BCUT2D eigenvalue weighted by molar-refractivity contribution is -0.455. The third-order valence-corrected chi connectivity index (χ3v) is 1.96. The number of aliphatic hydroxyl groups excluding tert-OH is 2. The van der Waals surface area contributed by atoms with E-state index in [-0.39, 0.29) is 37.9 Å². The van der Waals surface area contributed by atoms with Gasteiger partial charge >= 0.3 is 5.82 Å². The fourth-order valence-corrected chi connectivity index (χ4v) is 1.25. The largest absolute Gasteiger partial charge is 0.624 e. The van der Waals surface area contributed by atoms with Crippen LogP contribution in [0.4, 0.5) is 5.82 Å². The molecular formula is C8H12N4O5. The Morgan fingerprint density at radius 1 is 1.41 bits per heavy atom. The molecule has 0 saturated heterocycles. The van der Waals surface area contributed by atoms with Crippen molar-refractivity contribution in [3.05, 3.63) is 27.3 Å². The van der Waals surface area contributed by atoms with Crippen LogP contribution in [0.15, 0.2) is 6.20 Å². The molecule has 2 N–H and O–H groups in total. The molecule has 0 fully saturated rings. The molecule has 0 bridgehead atoms. The minimum atomic E-state index is -0.652. The Bertz CT molecular complexity index is 428. The van der Waals surface area contributed by atoms with E-state index in [1.165, 1.54) is 0 Å². The van der Waals surface area contributed by atoms with Gasteiger partial charge in [0.15, 0.2) is 6.54 Å². The van der Waals surface area contributed by atoms with Crippen LogP contribution >= 0.6 is 0 Å². The molecule has 0 amide bonds. The van der Waals surface area contributed by atoms with Crippen molar-refractivity contribution >= 4 is 12.0 Å². The molecule has 0 aromatic carbocycles. The van der Waals surface area contributed by atoms with Crippen molar-refractivity contribution < 1.29 is 19.9 Å². The molecule has 0 aliphatic carbocycles. The maximum atomic E-state index is 11.2. The molecule has 1 aromatic heterocycles. The van der Waals surface area contributed by atoms with E-state index in [4.69, 9.17) is 10.2 Å². The summed E-state index contributed by atoms with van der Waals surface area (Å²) in [5.74, 6) is -0.239. The maximum Gasteiger partial charge on any atom is 0.343 e. The average molecular weight is 244 g/mol. The second-order valence-electron chi connectivity index (χ2n) is 3.10. The van der Waals surface area contributed by atoms with Gasteiger partial charge in [0.05, 0.1) is 6.61 Å². The molecule has 0 unspecified atom stereocenters. The first-order valence-electron chi connectivity index (χ1n) is 4.80. The van der Waals surface area contributed by atoms with Crippen LogP contribution in [0, 0.1) is 15.3 Å². The van der Waals surface area contributed by atoms with Gasteiger partial charge in [-0.3, -0.25) is 0 Å². The molecule has 9 heteroatoms. The minimum absolute atomic E-state index is 0.0326. The third-order valence-electron chi connectivity index (χ3n) is 1.96. The van der Waals surface area contributed by atoms with Crippen LogP contribution in [-0.2, 0) is 6.54 Å². The molecule has 0 aliphatic heterocycles. The van der Waals surface area contributed by atoms with Gasteiger partial charge in [0, 0.05) is 0 Å². The Hall–Kier alpha value is -2.00. The van der Waals surface area contributed by atoms with Crippen LogP contribution in [-0.4, -0.2) is 55.4 Å². The van der Waals surface area contributed by atoms with Crippen molar-refractivity contribution in [2.45, 2.75) is 6.54 Å². The number of imidazole rings is 1. The predicted octanol–water partition coefficient (Wildman–Crippen LogP) is -1.29. The highest BCUT2D eigenvalue weighted by Crippen LogP contribution is 2.12. The number of aromatic nitrogens is 2. The molecule has 1 aromatic rings. The first-order chi connectivity index (χ1) is 8.10. The summed E-state index contributed by atoms with van der Waals surface area (Å²) in [6, 6.07) is 0. The summed E-state index contributed by atoms with van der Waals surface area (Å²) < 4.78 is 1.53. The predicted molar refractivity (Wildman–Crippen MR) is 56.7 cm³/mol. The SMILES string of the molecule is O=[N+]([O-])c1cnc(/C=[N+](\[O-])CCO)n1CCO. The molecule has 0 atom stereocenters. The Morgan fingerprint density at radius 3 is 2.65 bits per heavy atom. The first kappa shape index (κ1) is 13.1. The van der Waals surface area contributed by atoms with Crippen molar-refractivity contribution in [2.75, 3.05) is 19.8 Å². The van der Waals surface area contributed by atoms with Crippen molar-refractivity contribution in [3.8, 4) is 0 Å². The zero-order valence-corrected chi connectivity index (χ0v) is 8.89. The van der Waals surface area contributed by atoms with Crippen molar-refractivity contribution in [3.63, 3.8) is 0 Å². The van der Waals surface area contributed by atoms with Crippen LogP contribution in [0.3, 0.4) is 0 Å². The number of nitro groups is 1. The summed E-state index contributed by atoms with van der Waals surface area (Å²) in [5, 5.41) is 39.1. The van der Waals surface area contributed by atoms with E-state index in [0.29, 0.717) is 4.74 Å². The van der Waals surface area contributed by atoms with Gasteiger partial charge in [-0.25, -0.2) is 9.72 Å². The second kappa shape index (κ2) is 5.92. The fourth-order valence-electron chi connectivity index (χ4n) is 1.25. The second-order valence-corrected chi connectivity index (χ2v) is 3.10. The lowest BCUT2D eigenvalue weighted by atomic mass is 10.5. The van der Waals surface area contributed by atoms with Gasteiger partial charge in [0.2, 0.25) is 6.21 Å². The third kappa shape index (κ3) is 3.23. The molecule has 94 valence electrons. The standard InChI is InChI=1S/C8H12N4O5/c13-3-1-10(15)6-7-9-5-8(12(16)17)11(7)2-4-14/h5-6,13-14H,1-4H2/b10-6-. The van der Waals surface area contributed by atoms with Gasteiger partial charge < -0.3 is 25.5 Å². The molecule has 0 radical (unpaired) electrons. The lowest BCUT2D eigenvalue weighted by Crippen LogP contribution is -2.16. The van der Waals surface area contributed by atoms with E-state index >= 15 is 0 Å². The summed E-state index contributed by atoms with van der Waals surface area (Å²) in [4.78, 5) is 13.7. The summed E-state index contributed by atoms with van der Waals surface area (Å²) in [6.07, 6.45) is 2.03. The average Bonchev–Trinajstić information content (AvgIpc) is 2.63. The minimum Gasteiger partial charge on any atom is -0.624 e. The first-order valence-corrected chi connectivity index (χ1v) is 4.80. The van der Waals surface area contributed by atoms with Crippen LogP contribution in [0.1, 0.15) is 5.82 Å². The van der Waals surface area contributed by atoms with Crippen molar-refractivity contribution in [1.29, 1.82) is 0 Å². The van der Waals surface area contributed by atoms with E-state index in [1.807, 2.05) is 0 Å². The monoisotopic (exact) mass is 244 g/mol. The fraction of sp³-hybridized carbons (Fsp3) is 0.500. The van der Waals surface area contributed by atoms with Gasteiger partial charge in [-0.15, -0.1) is 0 Å². The van der Waals surface area contributed by atoms with E-state index < -0.39 is 4.92 Å². The summed E-state index contributed by atoms with van der Waals surface area (Å²) >= 11 is 0. The highest BCUT2D eigenvalue weighted by Gasteiger charge is 2.20. The Kier molecular flexibility index (Phi) is 4.55. The molecule has 0 spiro atoms. The number of hydrogen-bond donors (Lipinski definition) is 2. The Morgan fingerprint density at radius 2 is 2.12 bits per heavy atom. The number of aliphatic hydroxyl groups is 2. The van der Waals surface area contributed by atoms with Gasteiger partial charge in [0.25, 0.3) is 5.82 Å². The summed E-state index contributed by atoms with van der Waals surface area (Å²) in [7, 11) is 0. The van der Waals surface area contributed by atoms with Crippen LogP contribution in [0.25, 0.3) is 0 Å². The highest BCUT2D eigenvalue weighted by atomic mass is 16.6. The molecule has 17 heavy (non-hydrogen) atoms. The van der Waals surface area contributed by atoms with Gasteiger partial charge in [-0.05, 0) is 4.92 Å². The molecule has 9 nitrogen and oxygen atoms in total. The number of hydroxylamine groups is 1. The molecule has 1 heterocycles. The quantitative estimate of drug-likeness (QED) is 0.210. The van der Waals surface area contributed by atoms with Gasteiger partial charge in [0.1, 0.15) is 19.3 Å². The van der Waals surface area contributed by atoms with Gasteiger partial charge in [-0.2, -0.15) is 4.57 Å². The molecule has 0 saturated carbocycles. The highest BCUT2D eigenvalue weighted by molar-refractivity contribution is 5.71. The van der Waals surface area contributed by atoms with Crippen molar-refractivity contribution in [1.82, 2.24) is 9.55 Å². The lowest BCUT2D eigenvalue weighted by Gasteiger charge is -2.01. The Balaban J connectivity index is 3.07. The molecular weight excluding hydrogens is 232 g/mol. The van der Waals surface area contributed by atoms with Crippen LogP contribution in [0.5, 0.6) is 0 Å². The smallest absolute Gasteiger partial charge is 0.343 e. The van der Waals surface area contributed by atoms with E-state index in [1.54, 1.807) is 0 Å². The van der Waals surface area contributed by atoms with E-state index in [9.17, 15) is 15.3 Å². The van der Waals surface area contributed by atoms with Crippen LogP contribution in [0.2, 0.25) is 0 Å². The zero-order valence-electron chi connectivity index (χ0n) is 8.89. The summed E-state index contributed by atoms with van der Waals surface area (Å²) in [6.45, 7) is -0.825. The number of rotatable bonds is 6. The number of hydrogen-bond acceptors (Lipinski definition) is 6. The molecule has 1 rings (SSSR count).